The summed E-state index contributed by atoms with van der Waals surface area (Å²) < 4.78 is 9.66. The zero-order chi connectivity index (χ0) is 10.4. The predicted octanol–water partition coefficient (Wildman–Crippen LogP) is 0.869. The molecular formula is C9H9N2O3. The number of nitrogens with zero attached hydrogens (tertiary/aromatic N) is 2. The molecule has 1 atom stereocenters. The van der Waals surface area contributed by atoms with Gasteiger partial charge in [0.1, 0.15) is 6.61 Å². The van der Waals surface area contributed by atoms with Gasteiger partial charge in [0.05, 0.1) is 0 Å². The molecule has 0 aliphatic carbocycles. The van der Waals surface area contributed by atoms with Gasteiger partial charge in [-0.3, -0.25) is 0 Å². The lowest BCUT2D eigenvalue weighted by molar-refractivity contribution is -0.142. The Morgan fingerprint density at radius 3 is 3.29 bits per heavy atom. The molecule has 0 aromatic heterocycles. The molecule has 5 heteroatoms. The van der Waals surface area contributed by atoms with E-state index in [1.807, 2.05) is 0 Å². The van der Waals surface area contributed by atoms with E-state index >= 15 is 0 Å². The molecule has 0 saturated heterocycles. The van der Waals surface area contributed by atoms with Gasteiger partial charge in [0.25, 0.3) is 0 Å². The van der Waals surface area contributed by atoms with Crippen LogP contribution in [0.5, 0.6) is 0 Å². The average molecular weight is 193 g/mol. The van der Waals surface area contributed by atoms with Gasteiger partial charge in [-0.25, -0.2) is 4.79 Å². The zero-order valence-corrected chi connectivity index (χ0v) is 7.42. The Hall–Kier alpha value is -1.91. The van der Waals surface area contributed by atoms with Crippen LogP contribution in [0.1, 0.15) is 0 Å². The summed E-state index contributed by atoms with van der Waals surface area (Å²) in [7, 11) is 0. The molecule has 73 valence electrons. The monoisotopic (exact) mass is 193 g/mol. The molecule has 0 fully saturated rings. The van der Waals surface area contributed by atoms with E-state index in [1.165, 1.54) is 18.2 Å². The summed E-state index contributed by atoms with van der Waals surface area (Å²) in [6.07, 6.45) is 5.09. The third kappa shape index (κ3) is 2.55. The highest BCUT2D eigenvalue weighted by molar-refractivity contribution is 5.86. The Morgan fingerprint density at radius 1 is 1.86 bits per heavy atom. The molecule has 1 aliphatic rings. The van der Waals surface area contributed by atoms with Gasteiger partial charge in [0.2, 0.25) is 5.76 Å². The number of rotatable bonds is 4. The normalized spacial score (nSPS) is 19.1. The maximum Gasteiger partial charge on any atom is 0.374 e. The summed E-state index contributed by atoms with van der Waals surface area (Å²) in [4.78, 5) is 11.2. The number of carbonyl (C=O) groups excluding carboxylic acids is 1. The molecule has 0 N–H and O–H groups in total. The summed E-state index contributed by atoms with van der Waals surface area (Å²) in [6.45, 7) is 3.51. The van der Waals surface area contributed by atoms with E-state index in [-0.39, 0.29) is 12.4 Å². The number of hydrogen-bond donors (Lipinski definition) is 0. The van der Waals surface area contributed by atoms with Crippen LogP contribution in [0.25, 0.3) is 5.53 Å². The van der Waals surface area contributed by atoms with Crippen molar-refractivity contribution in [2.75, 3.05) is 6.61 Å². The first-order valence-electron chi connectivity index (χ1n) is 3.95. The summed E-state index contributed by atoms with van der Waals surface area (Å²) in [5, 5.41) is 2.88. The minimum Gasteiger partial charge on any atom is -0.456 e. The molecular weight excluding hydrogens is 184 g/mol. The highest BCUT2D eigenvalue weighted by Gasteiger charge is 2.21. The average Bonchev–Trinajstić information content (AvgIpc) is 2.26. The SMILES string of the molecule is C=CCOC(=O)C1=CC=CC([N+]=[N-])O1. The second-order valence-electron chi connectivity index (χ2n) is 2.43. The lowest BCUT2D eigenvalue weighted by Crippen LogP contribution is -2.21. The molecule has 1 rings (SSSR count). The molecule has 1 radical (unpaired) electrons. The fourth-order valence-electron chi connectivity index (χ4n) is 0.831. The first kappa shape index (κ1) is 10.2. The van der Waals surface area contributed by atoms with E-state index in [0.717, 1.165) is 0 Å². The Balaban J connectivity index is 2.56. The Bertz CT molecular complexity index is 307. The molecule has 1 aliphatic heterocycles. The van der Waals surface area contributed by atoms with Gasteiger partial charge < -0.3 is 15.0 Å². The first-order chi connectivity index (χ1) is 6.77. The summed E-state index contributed by atoms with van der Waals surface area (Å²) in [5.41, 5.74) is 8.42. The Labute approximate surface area is 81.2 Å². The van der Waals surface area contributed by atoms with Crippen molar-refractivity contribution in [1.29, 1.82) is 0 Å². The fourth-order valence-corrected chi connectivity index (χ4v) is 0.831. The highest BCUT2D eigenvalue weighted by atomic mass is 16.6. The molecule has 0 spiro atoms. The molecule has 14 heavy (non-hydrogen) atoms. The van der Waals surface area contributed by atoms with Crippen molar-refractivity contribution in [3.05, 3.63) is 42.2 Å². The molecule has 0 aromatic rings. The second-order valence-corrected chi connectivity index (χ2v) is 2.43. The van der Waals surface area contributed by atoms with Gasteiger partial charge >= 0.3 is 12.2 Å². The number of carbonyl (C=O) groups is 1. The molecule has 0 saturated carbocycles. The van der Waals surface area contributed by atoms with Gasteiger partial charge in [-0.05, 0) is 11.2 Å². The number of allylic oxidation sites excluding steroid dienone is 2. The largest absolute Gasteiger partial charge is 0.456 e. The van der Waals surface area contributed by atoms with E-state index in [0.29, 0.717) is 0 Å². The lowest BCUT2D eigenvalue weighted by atomic mass is 10.3. The van der Waals surface area contributed by atoms with Crippen LogP contribution < -0.4 is 5.11 Å². The third-order valence-electron chi connectivity index (χ3n) is 1.42. The molecule has 0 aromatic carbocycles. The predicted molar refractivity (Wildman–Crippen MR) is 48.7 cm³/mol. The Kier molecular flexibility index (Phi) is 3.60. The molecule has 1 heterocycles. The first-order valence-corrected chi connectivity index (χ1v) is 3.95. The third-order valence-corrected chi connectivity index (χ3v) is 1.42. The van der Waals surface area contributed by atoms with Crippen LogP contribution in [-0.4, -0.2) is 18.8 Å². The molecule has 0 bridgehead atoms. The zero-order valence-electron chi connectivity index (χ0n) is 7.42. The second kappa shape index (κ2) is 4.96. The minimum atomic E-state index is -0.841. The van der Waals surface area contributed by atoms with E-state index in [4.69, 9.17) is 15.0 Å². The van der Waals surface area contributed by atoms with Crippen molar-refractivity contribution in [2.45, 2.75) is 6.23 Å². The van der Waals surface area contributed by atoms with Crippen LogP contribution in [0.2, 0.25) is 0 Å². The van der Waals surface area contributed by atoms with Crippen LogP contribution >= 0.6 is 0 Å². The van der Waals surface area contributed by atoms with Gasteiger partial charge in [-0.15, -0.1) is 0 Å². The maximum absolute atomic E-state index is 11.2. The van der Waals surface area contributed by atoms with Crippen LogP contribution in [0.3, 0.4) is 0 Å². The van der Waals surface area contributed by atoms with E-state index in [1.54, 1.807) is 6.08 Å². The standard InChI is InChI=1S/C9H9N2O3/c1-2-6-13-9(12)7-4-3-5-8(11-10)14-7/h2-5,8H,1,6H2. The van der Waals surface area contributed by atoms with Gasteiger partial charge in [0, 0.05) is 6.08 Å². The minimum absolute atomic E-state index is 0.0113. The topological polar surface area (TPSA) is 71.9 Å². The van der Waals surface area contributed by atoms with Gasteiger partial charge in [-0.2, -0.15) is 0 Å². The summed E-state index contributed by atoms with van der Waals surface area (Å²) in [5.74, 6) is -0.597. The van der Waals surface area contributed by atoms with Crippen molar-refractivity contribution in [3.8, 4) is 0 Å². The van der Waals surface area contributed by atoms with Gasteiger partial charge in [0.15, 0.2) is 0 Å². The van der Waals surface area contributed by atoms with Crippen molar-refractivity contribution in [1.82, 2.24) is 5.11 Å². The van der Waals surface area contributed by atoms with Crippen LogP contribution in [-0.2, 0) is 14.3 Å². The van der Waals surface area contributed by atoms with Crippen LogP contribution in [0, 0.1) is 0 Å². The van der Waals surface area contributed by atoms with Crippen LogP contribution in [0.4, 0.5) is 0 Å². The van der Waals surface area contributed by atoms with Crippen molar-refractivity contribution >= 4 is 5.97 Å². The van der Waals surface area contributed by atoms with Gasteiger partial charge in [-0.1, -0.05) is 18.7 Å². The molecule has 1 unspecified atom stereocenters. The summed E-state index contributed by atoms with van der Waals surface area (Å²) >= 11 is 0. The number of hydrogen-bond acceptors (Lipinski definition) is 4. The smallest absolute Gasteiger partial charge is 0.374 e. The van der Waals surface area contributed by atoms with Crippen molar-refractivity contribution in [2.24, 2.45) is 0 Å². The summed E-state index contributed by atoms with van der Waals surface area (Å²) in [6, 6.07) is 0. The number of ether oxygens (including phenoxy) is 2. The molecule has 0 amide bonds. The fraction of sp³-hybridized carbons (Fsp3) is 0.222. The van der Waals surface area contributed by atoms with E-state index < -0.39 is 12.2 Å². The van der Waals surface area contributed by atoms with E-state index in [9.17, 15) is 4.79 Å². The highest BCUT2D eigenvalue weighted by Crippen LogP contribution is 2.10. The van der Waals surface area contributed by atoms with Crippen molar-refractivity contribution < 1.29 is 14.3 Å². The number of esters is 1. The maximum atomic E-state index is 11.2. The van der Waals surface area contributed by atoms with Crippen molar-refractivity contribution in [3.63, 3.8) is 0 Å². The lowest BCUT2D eigenvalue weighted by Gasteiger charge is -2.10. The van der Waals surface area contributed by atoms with E-state index in [2.05, 4.69) is 11.7 Å². The quantitative estimate of drug-likeness (QED) is 0.377. The molecule has 5 nitrogen and oxygen atoms in total. The van der Waals surface area contributed by atoms with Crippen LogP contribution in [0.15, 0.2) is 36.6 Å². The Morgan fingerprint density at radius 2 is 2.64 bits per heavy atom.